The van der Waals surface area contributed by atoms with Crippen molar-refractivity contribution in [3.8, 4) is 16.8 Å². The van der Waals surface area contributed by atoms with Crippen molar-refractivity contribution in [1.82, 2.24) is 4.57 Å². The summed E-state index contributed by atoms with van der Waals surface area (Å²) in [5.41, 5.74) is 10.8. The summed E-state index contributed by atoms with van der Waals surface area (Å²) in [4.78, 5) is 2.40. The van der Waals surface area contributed by atoms with Crippen LogP contribution in [0.15, 0.2) is 211 Å². The van der Waals surface area contributed by atoms with Gasteiger partial charge in [-0.15, -0.1) is 0 Å². The van der Waals surface area contributed by atoms with Crippen LogP contribution in [0.5, 0.6) is 0 Å². The molecule has 0 fully saturated rings. The molecule has 3 heteroatoms. The van der Waals surface area contributed by atoms with Crippen LogP contribution in [0.3, 0.4) is 0 Å². The summed E-state index contributed by atoms with van der Waals surface area (Å²) < 4.78 is 9.02. The molecule has 0 N–H and O–H groups in total. The highest BCUT2D eigenvalue weighted by atomic mass is 16.3. The first-order valence-corrected chi connectivity index (χ1v) is 19.5. The molecule has 3 nitrogen and oxygen atoms in total. The average Bonchev–Trinajstić information content (AvgIpc) is 3.81. The first-order valence-electron chi connectivity index (χ1n) is 19.5. The molecule has 0 saturated carbocycles. The molecule has 2 aromatic heterocycles. The molecule has 0 aliphatic heterocycles. The Labute approximate surface area is 328 Å². The molecule has 12 aromatic rings. The Morgan fingerprint density at radius 3 is 1.75 bits per heavy atom. The van der Waals surface area contributed by atoms with Gasteiger partial charge in [-0.05, 0) is 122 Å². The summed E-state index contributed by atoms with van der Waals surface area (Å²) in [5.74, 6) is 0. The van der Waals surface area contributed by atoms with Crippen LogP contribution in [0.25, 0.3) is 92.9 Å². The summed E-state index contributed by atoms with van der Waals surface area (Å²) in [5, 5.41) is 11.9. The first-order chi connectivity index (χ1) is 28.2. The van der Waals surface area contributed by atoms with Gasteiger partial charge in [-0.25, -0.2) is 0 Å². The zero-order valence-electron chi connectivity index (χ0n) is 30.9. The Hall–Kier alpha value is -7.62. The van der Waals surface area contributed by atoms with Gasteiger partial charge in [-0.3, -0.25) is 0 Å². The number of anilines is 3. The van der Waals surface area contributed by atoms with E-state index in [1.165, 1.54) is 65.3 Å². The molecule has 0 amide bonds. The van der Waals surface area contributed by atoms with Gasteiger partial charge in [-0.1, -0.05) is 127 Å². The third-order valence-electron chi connectivity index (χ3n) is 11.7. The van der Waals surface area contributed by atoms with E-state index in [4.69, 9.17) is 4.42 Å². The van der Waals surface area contributed by atoms with Crippen LogP contribution in [0.4, 0.5) is 17.1 Å². The van der Waals surface area contributed by atoms with E-state index >= 15 is 0 Å². The smallest absolute Gasteiger partial charge is 0.137 e. The minimum atomic E-state index is 0.865. The second-order valence-electron chi connectivity index (χ2n) is 15.0. The number of benzene rings is 10. The lowest BCUT2D eigenvalue weighted by atomic mass is 10.0. The van der Waals surface area contributed by atoms with Crippen LogP contribution in [0, 0.1) is 0 Å². The van der Waals surface area contributed by atoms with E-state index in [-0.39, 0.29) is 0 Å². The molecule has 0 spiro atoms. The summed E-state index contributed by atoms with van der Waals surface area (Å²) in [7, 11) is 0. The van der Waals surface area contributed by atoms with Crippen molar-refractivity contribution < 1.29 is 4.42 Å². The summed E-state index contributed by atoms with van der Waals surface area (Å²) in [6.45, 7) is 0. The van der Waals surface area contributed by atoms with E-state index in [0.29, 0.717) is 0 Å². The Bertz CT molecular complexity index is 3530. The van der Waals surface area contributed by atoms with Crippen molar-refractivity contribution in [2.75, 3.05) is 4.90 Å². The van der Waals surface area contributed by atoms with E-state index in [2.05, 4.69) is 216 Å². The number of nitrogens with zero attached hydrogens (tertiary/aromatic N) is 2. The molecule has 12 rings (SSSR count). The van der Waals surface area contributed by atoms with Gasteiger partial charge in [0, 0.05) is 33.2 Å². The topological polar surface area (TPSA) is 21.3 Å². The van der Waals surface area contributed by atoms with Crippen LogP contribution in [-0.4, -0.2) is 4.57 Å². The Morgan fingerprint density at radius 2 is 0.965 bits per heavy atom. The number of hydrogen-bond acceptors (Lipinski definition) is 2. The maximum Gasteiger partial charge on any atom is 0.137 e. The van der Waals surface area contributed by atoms with Crippen LogP contribution in [0.2, 0.25) is 0 Å². The van der Waals surface area contributed by atoms with E-state index in [1.807, 2.05) is 0 Å². The highest BCUT2D eigenvalue weighted by Crippen LogP contribution is 2.45. The molecule has 0 unspecified atom stereocenters. The van der Waals surface area contributed by atoms with Gasteiger partial charge in [0.25, 0.3) is 0 Å². The van der Waals surface area contributed by atoms with Crippen LogP contribution < -0.4 is 4.90 Å². The van der Waals surface area contributed by atoms with Crippen LogP contribution >= 0.6 is 0 Å². The predicted molar refractivity (Wildman–Crippen MR) is 241 cm³/mol. The van der Waals surface area contributed by atoms with Crippen molar-refractivity contribution >= 4 is 93.1 Å². The molecular weight excluding hydrogens is 693 g/mol. The van der Waals surface area contributed by atoms with E-state index < -0.39 is 0 Å². The maximum absolute atomic E-state index is 6.62. The number of hydrogen-bond donors (Lipinski definition) is 0. The molecule has 10 aromatic carbocycles. The Kier molecular flexibility index (Phi) is 6.93. The van der Waals surface area contributed by atoms with Crippen LogP contribution in [0.1, 0.15) is 0 Å². The Morgan fingerprint density at radius 1 is 0.351 bits per heavy atom. The molecule has 266 valence electrons. The summed E-state index contributed by atoms with van der Waals surface area (Å²) in [6.07, 6.45) is 0. The standard InChI is InChI=1S/C54H34N2O/c1-3-12-38-30-42(21-20-35(38)10-1)37-22-25-43(26-23-37)55(51-18-9-19-52-54(51)48-32-40-14-5-6-15-41(40)33-53(48)57-52)45-28-29-50-47(34-45)46-16-7-8-17-49(46)56(50)44-27-24-36-11-2-4-13-39(36)31-44/h1-34H. The van der Waals surface area contributed by atoms with Gasteiger partial charge in [0.15, 0.2) is 0 Å². The Balaban J connectivity index is 1.08. The van der Waals surface area contributed by atoms with Gasteiger partial charge in [0.2, 0.25) is 0 Å². The molecule has 0 radical (unpaired) electrons. The minimum Gasteiger partial charge on any atom is -0.456 e. The maximum atomic E-state index is 6.62. The van der Waals surface area contributed by atoms with Gasteiger partial charge in [0.1, 0.15) is 11.2 Å². The summed E-state index contributed by atoms with van der Waals surface area (Å²) >= 11 is 0. The zero-order valence-corrected chi connectivity index (χ0v) is 30.9. The van der Waals surface area contributed by atoms with E-state index in [0.717, 1.165) is 44.7 Å². The first kappa shape index (κ1) is 31.7. The van der Waals surface area contributed by atoms with Crippen molar-refractivity contribution in [1.29, 1.82) is 0 Å². The summed E-state index contributed by atoms with van der Waals surface area (Å²) in [6, 6.07) is 74.7. The normalized spacial score (nSPS) is 11.9. The van der Waals surface area contributed by atoms with Crippen molar-refractivity contribution in [3.63, 3.8) is 0 Å². The van der Waals surface area contributed by atoms with Gasteiger partial charge < -0.3 is 13.9 Å². The second-order valence-corrected chi connectivity index (χ2v) is 15.0. The SMILES string of the molecule is c1ccc2cc(-c3ccc(N(c4ccc5c(c4)c4ccccc4n5-c4ccc5ccccc5c4)c4cccc5oc6cc7ccccc7cc6c45)cc3)ccc2c1. The largest absolute Gasteiger partial charge is 0.456 e. The number of aromatic nitrogens is 1. The number of rotatable bonds is 5. The second kappa shape index (κ2) is 12.5. The fourth-order valence-corrected chi connectivity index (χ4v) is 8.97. The average molecular weight is 727 g/mol. The van der Waals surface area contributed by atoms with Crippen molar-refractivity contribution in [2.45, 2.75) is 0 Å². The predicted octanol–water partition coefficient (Wildman–Crippen LogP) is 15.3. The van der Waals surface area contributed by atoms with Crippen LogP contribution in [-0.2, 0) is 0 Å². The molecule has 2 heterocycles. The number of fused-ring (bicyclic) bond motifs is 9. The minimum absolute atomic E-state index is 0.865. The lowest BCUT2D eigenvalue weighted by Gasteiger charge is -2.26. The van der Waals surface area contributed by atoms with E-state index in [1.54, 1.807) is 0 Å². The molecule has 0 saturated heterocycles. The lowest BCUT2D eigenvalue weighted by molar-refractivity contribution is 0.669. The quantitative estimate of drug-likeness (QED) is 0.176. The van der Waals surface area contributed by atoms with Crippen molar-refractivity contribution in [2.24, 2.45) is 0 Å². The zero-order chi connectivity index (χ0) is 37.5. The molecule has 0 aliphatic rings. The third-order valence-corrected chi connectivity index (χ3v) is 11.7. The fraction of sp³-hybridized carbons (Fsp3) is 0. The highest BCUT2D eigenvalue weighted by Gasteiger charge is 2.22. The molecule has 0 atom stereocenters. The molecular formula is C54H34N2O. The van der Waals surface area contributed by atoms with Crippen molar-refractivity contribution in [3.05, 3.63) is 206 Å². The molecule has 0 aliphatic carbocycles. The number of furan rings is 1. The molecule has 57 heavy (non-hydrogen) atoms. The third kappa shape index (κ3) is 5.06. The van der Waals surface area contributed by atoms with Gasteiger partial charge >= 0.3 is 0 Å². The highest BCUT2D eigenvalue weighted by molar-refractivity contribution is 6.17. The lowest BCUT2D eigenvalue weighted by Crippen LogP contribution is -2.10. The number of para-hydroxylation sites is 1. The monoisotopic (exact) mass is 726 g/mol. The molecule has 0 bridgehead atoms. The van der Waals surface area contributed by atoms with E-state index in [9.17, 15) is 0 Å². The van der Waals surface area contributed by atoms with Gasteiger partial charge in [0.05, 0.1) is 22.1 Å². The van der Waals surface area contributed by atoms with Gasteiger partial charge in [-0.2, -0.15) is 0 Å². The fourth-order valence-electron chi connectivity index (χ4n) is 8.97.